The molecule has 0 bridgehead atoms. The molecule has 3 nitrogen and oxygen atoms in total. The molecule has 224 valence electrons. The van der Waals surface area contributed by atoms with E-state index >= 15 is 0 Å². The van der Waals surface area contributed by atoms with Crippen LogP contribution < -0.4 is 4.90 Å². The Bertz CT molecular complexity index is 2420. The summed E-state index contributed by atoms with van der Waals surface area (Å²) in [7, 11) is 0. The Morgan fingerprint density at radius 2 is 1.21 bits per heavy atom. The van der Waals surface area contributed by atoms with Crippen molar-refractivity contribution in [3.63, 3.8) is 0 Å². The van der Waals surface area contributed by atoms with Gasteiger partial charge in [0.25, 0.3) is 0 Å². The second-order valence-electron chi connectivity index (χ2n) is 12.9. The van der Waals surface area contributed by atoms with Crippen LogP contribution in [0.15, 0.2) is 164 Å². The van der Waals surface area contributed by atoms with Crippen LogP contribution in [0.5, 0.6) is 0 Å². The Labute approximate surface area is 275 Å². The lowest BCUT2D eigenvalue weighted by Crippen LogP contribution is -2.16. The highest BCUT2D eigenvalue weighted by Crippen LogP contribution is 2.51. The first-order valence-corrected chi connectivity index (χ1v) is 16.2. The van der Waals surface area contributed by atoms with Crippen LogP contribution in [0.3, 0.4) is 0 Å². The van der Waals surface area contributed by atoms with Gasteiger partial charge in [0.1, 0.15) is 0 Å². The summed E-state index contributed by atoms with van der Waals surface area (Å²) < 4.78 is 2.40. The van der Waals surface area contributed by atoms with Gasteiger partial charge in [-0.1, -0.05) is 98.8 Å². The van der Waals surface area contributed by atoms with Gasteiger partial charge in [-0.15, -0.1) is 0 Å². The first kappa shape index (κ1) is 27.4. The highest BCUT2D eigenvalue weighted by atomic mass is 15.1. The summed E-state index contributed by atoms with van der Waals surface area (Å²) in [6.45, 7) is 4.70. The summed E-state index contributed by atoms with van der Waals surface area (Å²) in [5, 5.41) is 2.46. The van der Waals surface area contributed by atoms with Crippen LogP contribution in [0.4, 0.5) is 17.1 Å². The molecule has 6 aromatic carbocycles. The van der Waals surface area contributed by atoms with Crippen molar-refractivity contribution < 1.29 is 0 Å². The average Bonchev–Trinajstić information content (AvgIpc) is 3.58. The molecule has 2 aromatic heterocycles. The summed E-state index contributed by atoms with van der Waals surface area (Å²) in [5.74, 6) is 0. The number of aromatic nitrogens is 2. The fourth-order valence-corrected chi connectivity index (χ4v) is 7.65. The number of hydrogen-bond donors (Lipinski definition) is 0. The fourth-order valence-electron chi connectivity index (χ4n) is 7.65. The van der Waals surface area contributed by atoms with Gasteiger partial charge in [-0.05, 0) is 100 Å². The SMILES string of the molecule is CC1(C)c2ccccc2-c2ccc(N(c3ccccc3)c3cccc4c3c3ccccc3n4-c3ccc(-c4ccncc4)cc3)cc21. The van der Waals surface area contributed by atoms with Gasteiger partial charge in [-0.25, -0.2) is 0 Å². The minimum Gasteiger partial charge on any atom is -0.310 e. The zero-order valence-electron chi connectivity index (χ0n) is 26.4. The molecule has 8 aromatic rings. The van der Waals surface area contributed by atoms with E-state index in [0.717, 1.165) is 28.3 Å². The molecule has 0 aliphatic heterocycles. The van der Waals surface area contributed by atoms with E-state index in [1.807, 2.05) is 12.4 Å². The molecule has 0 fully saturated rings. The molecule has 0 amide bonds. The first-order chi connectivity index (χ1) is 23.1. The smallest absolute Gasteiger partial charge is 0.0562 e. The van der Waals surface area contributed by atoms with Crippen LogP contribution >= 0.6 is 0 Å². The minimum atomic E-state index is -0.0885. The van der Waals surface area contributed by atoms with Crippen molar-refractivity contribution in [3.05, 3.63) is 175 Å². The Morgan fingerprint density at radius 1 is 0.532 bits per heavy atom. The van der Waals surface area contributed by atoms with Gasteiger partial charge in [-0.3, -0.25) is 4.98 Å². The predicted molar refractivity (Wildman–Crippen MR) is 196 cm³/mol. The maximum Gasteiger partial charge on any atom is 0.0562 e. The molecule has 1 aliphatic rings. The molecule has 47 heavy (non-hydrogen) atoms. The number of pyridine rings is 1. The monoisotopic (exact) mass is 603 g/mol. The molecule has 3 heteroatoms. The Kier molecular flexibility index (Phi) is 6.16. The molecule has 0 spiro atoms. The van der Waals surface area contributed by atoms with Gasteiger partial charge >= 0.3 is 0 Å². The molecule has 0 N–H and O–H groups in total. The third-order valence-corrected chi connectivity index (χ3v) is 9.90. The van der Waals surface area contributed by atoms with Crippen LogP contribution in [0, 0.1) is 0 Å². The Hall–Kier alpha value is -5.93. The number of benzene rings is 6. The van der Waals surface area contributed by atoms with E-state index in [1.165, 1.54) is 49.6 Å². The van der Waals surface area contributed by atoms with Crippen LogP contribution in [-0.2, 0) is 5.41 Å². The normalized spacial score (nSPS) is 13.1. The van der Waals surface area contributed by atoms with E-state index in [-0.39, 0.29) is 5.41 Å². The molecule has 0 radical (unpaired) electrons. The summed E-state index contributed by atoms with van der Waals surface area (Å²) in [6, 6.07) is 55.1. The predicted octanol–water partition coefficient (Wildman–Crippen LogP) is 11.6. The maximum absolute atomic E-state index is 4.19. The van der Waals surface area contributed by atoms with E-state index in [2.05, 4.69) is 180 Å². The van der Waals surface area contributed by atoms with Gasteiger partial charge in [0.2, 0.25) is 0 Å². The number of fused-ring (bicyclic) bond motifs is 6. The zero-order valence-corrected chi connectivity index (χ0v) is 26.4. The summed E-state index contributed by atoms with van der Waals surface area (Å²) in [6.07, 6.45) is 3.69. The summed E-state index contributed by atoms with van der Waals surface area (Å²) >= 11 is 0. The fraction of sp³-hybridized carbons (Fsp3) is 0.0682. The maximum atomic E-state index is 4.19. The van der Waals surface area contributed by atoms with E-state index in [0.29, 0.717) is 0 Å². The lowest BCUT2D eigenvalue weighted by molar-refractivity contribution is 0.660. The number of anilines is 3. The quantitative estimate of drug-likeness (QED) is 0.195. The third-order valence-electron chi connectivity index (χ3n) is 9.90. The molecule has 0 saturated heterocycles. The largest absolute Gasteiger partial charge is 0.310 e. The second kappa shape index (κ2) is 10.6. The highest BCUT2D eigenvalue weighted by Gasteiger charge is 2.36. The molecule has 0 unspecified atom stereocenters. The van der Waals surface area contributed by atoms with E-state index in [1.54, 1.807) is 0 Å². The molecule has 1 aliphatic carbocycles. The minimum absolute atomic E-state index is 0.0885. The van der Waals surface area contributed by atoms with Crippen LogP contribution in [0.1, 0.15) is 25.0 Å². The van der Waals surface area contributed by atoms with Crippen molar-refractivity contribution in [1.29, 1.82) is 0 Å². The first-order valence-electron chi connectivity index (χ1n) is 16.2. The lowest BCUT2D eigenvalue weighted by Gasteiger charge is -2.28. The van der Waals surface area contributed by atoms with Gasteiger partial charge in [0.15, 0.2) is 0 Å². The van der Waals surface area contributed by atoms with Crippen molar-refractivity contribution in [2.24, 2.45) is 0 Å². The number of hydrogen-bond acceptors (Lipinski definition) is 2. The van der Waals surface area contributed by atoms with Crippen molar-refractivity contribution in [2.75, 3.05) is 4.90 Å². The van der Waals surface area contributed by atoms with Crippen LogP contribution in [0.2, 0.25) is 0 Å². The van der Waals surface area contributed by atoms with Gasteiger partial charge in [0, 0.05) is 45.6 Å². The molecular weight excluding hydrogens is 571 g/mol. The standard InChI is InChI=1S/C44H33N3/c1-44(2)38-15-8-6-13-35(38)36-24-23-34(29-39(36)44)46(32-11-4-3-5-12-32)41-17-10-18-42-43(41)37-14-7-9-16-40(37)47(42)33-21-19-30(20-22-33)31-25-27-45-28-26-31/h3-29H,1-2H3. The summed E-state index contributed by atoms with van der Waals surface area (Å²) in [4.78, 5) is 6.62. The lowest BCUT2D eigenvalue weighted by atomic mass is 9.82. The van der Waals surface area contributed by atoms with E-state index < -0.39 is 0 Å². The zero-order chi connectivity index (χ0) is 31.5. The molecule has 0 atom stereocenters. The average molecular weight is 604 g/mol. The number of rotatable bonds is 5. The van der Waals surface area contributed by atoms with Crippen LogP contribution in [-0.4, -0.2) is 9.55 Å². The molecule has 0 saturated carbocycles. The van der Waals surface area contributed by atoms with Crippen molar-refractivity contribution in [1.82, 2.24) is 9.55 Å². The Morgan fingerprint density at radius 3 is 2.04 bits per heavy atom. The second-order valence-corrected chi connectivity index (χ2v) is 12.9. The van der Waals surface area contributed by atoms with E-state index in [9.17, 15) is 0 Å². The van der Waals surface area contributed by atoms with Crippen LogP contribution in [0.25, 0.3) is 49.7 Å². The number of nitrogens with zero attached hydrogens (tertiary/aromatic N) is 3. The summed E-state index contributed by atoms with van der Waals surface area (Å²) in [5.41, 5.74) is 14.6. The van der Waals surface area contributed by atoms with Gasteiger partial charge in [0.05, 0.1) is 16.7 Å². The highest BCUT2D eigenvalue weighted by molar-refractivity contribution is 6.16. The van der Waals surface area contributed by atoms with Crippen molar-refractivity contribution in [2.45, 2.75) is 19.3 Å². The van der Waals surface area contributed by atoms with Gasteiger partial charge in [-0.2, -0.15) is 0 Å². The molecule has 2 heterocycles. The van der Waals surface area contributed by atoms with Gasteiger partial charge < -0.3 is 9.47 Å². The molecule has 9 rings (SSSR count). The number of para-hydroxylation sites is 2. The van der Waals surface area contributed by atoms with Crippen molar-refractivity contribution in [3.8, 4) is 27.9 Å². The topological polar surface area (TPSA) is 21.1 Å². The third kappa shape index (κ3) is 4.24. The Balaban J connectivity index is 1.26. The molecular formula is C44H33N3. The van der Waals surface area contributed by atoms with E-state index in [4.69, 9.17) is 0 Å². The van der Waals surface area contributed by atoms with Crippen molar-refractivity contribution >= 4 is 38.9 Å².